The molecule has 19 heavy (non-hydrogen) atoms. The van der Waals surface area contributed by atoms with Gasteiger partial charge in [0, 0.05) is 49.3 Å². The smallest absolute Gasteiger partial charge is 0.0278 e. The van der Waals surface area contributed by atoms with Gasteiger partial charge in [-0.3, -0.25) is 4.90 Å². The maximum Gasteiger partial charge on any atom is 0.0278 e. The lowest BCUT2D eigenvalue weighted by Crippen LogP contribution is -2.57. The van der Waals surface area contributed by atoms with Crippen LogP contribution in [0.15, 0.2) is 28.7 Å². The fourth-order valence-electron chi connectivity index (χ4n) is 2.54. The quantitative estimate of drug-likeness (QED) is 0.869. The second-order valence-corrected chi connectivity index (χ2v) is 6.70. The SMILES string of the molecule is CC(C)(CNCc1cccc(Br)c1)N1CCNCC1. The van der Waals surface area contributed by atoms with Crippen molar-refractivity contribution >= 4 is 15.9 Å². The lowest BCUT2D eigenvalue weighted by atomic mass is 10.0. The molecular formula is C15H24BrN3. The normalized spacial score (nSPS) is 17.6. The van der Waals surface area contributed by atoms with E-state index in [-0.39, 0.29) is 5.54 Å². The maximum absolute atomic E-state index is 3.58. The zero-order valence-electron chi connectivity index (χ0n) is 11.9. The van der Waals surface area contributed by atoms with E-state index in [0.717, 1.165) is 43.7 Å². The molecule has 2 N–H and O–H groups in total. The first kappa shape index (κ1) is 15.0. The molecule has 0 radical (unpaired) electrons. The van der Waals surface area contributed by atoms with Crippen LogP contribution in [0.2, 0.25) is 0 Å². The van der Waals surface area contributed by atoms with Crippen LogP contribution in [-0.2, 0) is 6.54 Å². The highest BCUT2D eigenvalue weighted by Crippen LogP contribution is 2.15. The van der Waals surface area contributed by atoms with Crippen LogP contribution in [0.25, 0.3) is 0 Å². The van der Waals surface area contributed by atoms with Crippen LogP contribution < -0.4 is 10.6 Å². The van der Waals surface area contributed by atoms with Gasteiger partial charge in [-0.15, -0.1) is 0 Å². The second-order valence-electron chi connectivity index (χ2n) is 5.78. The molecule has 1 saturated heterocycles. The van der Waals surface area contributed by atoms with Crippen LogP contribution in [0, 0.1) is 0 Å². The molecule has 0 aromatic heterocycles. The number of hydrogen-bond acceptors (Lipinski definition) is 3. The Labute approximate surface area is 124 Å². The number of hydrogen-bond donors (Lipinski definition) is 2. The first-order valence-electron chi connectivity index (χ1n) is 6.99. The number of rotatable bonds is 5. The zero-order chi connectivity index (χ0) is 13.7. The van der Waals surface area contributed by atoms with Crippen molar-refractivity contribution in [1.29, 1.82) is 0 Å². The van der Waals surface area contributed by atoms with Crippen LogP contribution in [-0.4, -0.2) is 43.2 Å². The molecule has 0 aliphatic carbocycles. The van der Waals surface area contributed by atoms with Gasteiger partial charge in [0.2, 0.25) is 0 Å². The summed E-state index contributed by atoms with van der Waals surface area (Å²) in [7, 11) is 0. The average Bonchev–Trinajstić information content (AvgIpc) is 2.40. The third kappa shape index (κ3) is 4.56. The molecule has 0 bridgehead atoms. The Balaban J connectivity index is 1.80. The lowest BCUT2D eigenvalue weighted by molar-refractivity contribution is 0.102. The third-order valence-electron chi connectivity index (χ3n) is 3.75. The molecular weight excluding hydrogens is 302 g/mol. The fraction of sp³-hybridized carbons (Fsp3) is 0.600. The molecule has 1 aromatic carbocycles. The average molecular weight is 326 g/mol. The third-order valence-corrected chi connectivity index (χ3v) is 4.24. The van der Waals surface area contributed by atoms with Crippen molar-refractivity contribution < 1.29 is 0 Å². The minimum atomic E-state index is 0.216. The van der Waals surface area contributed by atoms with Crippen molar-refractivity contribution in [1.82, 2.24) is 15.5 Å². The summed E-state index contributed by atoms with van der Waals surface area (Å²) in [6.45, 7) is 11.1. The van der Waals surface area contributed by atoms with Crippen LogP contribution in [0.5, 0.6) is 0 Å². The Kier molecular flexibility index (Phi) is 5.39. The molecule has 3 nitrogen and oxygen atoms in total. The molecule has 0 unspecified atom stereocenters. The number of piperazine rings is 1. The van der Waals surface area contributed by atoms with Crippen molar-refractivity contribution in [2.75, 3.05) is 32.7 Å². The molecule has 4 heteroatoms. The van der Waals surface area contributed by atoms with Gasteiger partial charge in [0.25, 0.3) is 0 Å². The molecule has 1 aliphatic heterocycles. The summed E-state index contributed by atoms with van der Waals surface area (Å²) in [4.78, 5) is 2.57. The Morgan fingerprint density at radius 1 is 1.32 bits per heavy atom. The van der Waals surface area contributed by atoms with E-state index in [9.17, 15) is 0 Å². The summed E-state index contributed by atoms with van der Waals surface area (Å²) in [6.07, 6.45) is 0. The molecule has 0 saturated carbocycles. The van der Waals surface area contributed by atoms with E-state index in [2.05, 4.69) is 69.6 Å². The fourth-order valence-corrected chi connectivity index (χ4v) is 2.99. The molecule has 1 heterocycles. The Morgan fingerprint density at radius 3 is 2.74 bits per heavy atom. The summed E-state index contributed by atoms with van der Waals surface area (Å²) >= 11 is 3.51. The number of halogens is 1. The summed E-state index contributed by atoms with van der Waals surface area (Å²) in [5.74, 6) is 0. The van der Waals surface area contributed by atoms with Gasteiger partial charge < -0.3 is 10.6 Å². The minimum Gasteiger partial charge on any atom is -0.314 e. The Hall–Kier alpha value is -0.420. The van der Waals surface area contributed by atoms with Crippen LogP contribution in [0.4, 0.5) is 0 Å². The van der Waals surface area contributed by atoms with E-state index in [1.807, 2.05) is 0 Å². The number of nitrogens with zero attached hydrogens (tertiary/aromatic N) is 1. The predicted molar refractivity (Wildman–Crippen MR) is 84.4 cm³/mol. The Bertz CT molecular complexity index is 400. The number of nitrogens with one attached hydrogen (secondary N) is 2. The minimum absolute atomic E-state index is 0.216. The van der Waals surface area contributed by atoms with E-state index < -0.39 is 0 Å². The molecule has 0 spiro atoms. The van der Waals surface area contributed by atoms with E-state index >= 15 is 0 Å². The van der Waals surface area contributed by atoms with Crippen molar-refractivity contribution in [3.8, 4) is 0 Å². The topological polar surface area (TPSA) is 27.3 Å². The van der Waals surface area contributed by atoms with E-state index in [4.69, 9.17) is 0 Å². The van der Waals surface area contributed by atoms with E-state index in [1.54, 1.807) is 0 Å². The molecule has 1 fully saturated rings. The zero-order valence-corrected chi connectivity index (χ0v) is 13.5. The predicted octanol–water partition coefficient (Wildman–Crippen LogP) is 2.22. The van der Waals surface area contributed by atoms with Gasteiger partial charge in [-0.05, 0) is 31.5 Å². The highest BCUT2D eigenvalue weighted by molar-refractivity contribution is 9.10. The molecule has 0 amide bonds. The van der Waals surface area contributed by atoms with Gasteiger partial charge in [0.05, 0.1) is 0 Å². The summed E-state index contributed by atoms with van der Waals surface area (Å²) in [6, 6.07) is 8.48. The lowest BCUT2D eigenvalue weighted by Gasteiger charge is -2.41. The molecule has 106 valence electrons. The maximum atomic E-state index is 3.58. The highest BCUT2D eigenvalue weighted by Gasteiger charge is 2.27. The molecule has 1 aromatic rings. The van der Waals surface area contributed by atoms with Crippen molar-refractivity contribution in [3.05, 3.63) is 34.3 Å². The monoisotopic (exact) mass is 325 g/mol. The van der Waals surface area contributed by atoms with Gasteiger partial charge in [0.15, 0.2) is 0 Å². The summed E-state index contributed by atoms with van der Waals surface area (Å²) in [5.41, 5.74) is 1.54. The first-order chi connectivity index (χ1) is 9.08. The first-order valence-corrected chi connectivity index (χ1v) is 7.78. The largest absolute Gasteiger partial charge is 0.314 e. The van der Waals surface area contributed by atoms with Crippen LogP contribution >= 0.6 is 15.9 Å². The summed E-state index contributed by atoms with van der Waals surface area (Å²) in [5, 5.41) is 6.99. The Morgan fingerprint density at radius 2 is 2.05 bits per heavy atom. The van der Waals surface area contributed by atoms with Crippen LogP contribution in [0.1, 0.15) is 19.4 Å². The van der Waals surface area contributed by atoms with Crippen molar-refractivity contribution in [2.45, 2.75) is 25.9 Å². The van der Waals surface area contributed by atoms with Gasteiger partial charge in [-0.25, -0.2) is 0 Å². The number of benzene rings is 1. The van der Waals surface area contributed by atoms with Gasteiger partial charge in [-0.2, -0.15) is 0 Å². The highest BCUT2D eigenvalue weighted by atomic mass is 79.9. The summed E-state index contributed by atoms with van der Waals surface area (Å²) < 4.78 is 1.15. The van der Waals surface area contributed by atoms with Gasteiger partial charge in [-0.1, -0.05) is 28.1 Å². The molecule has 0 atom stereocenters. The van der Waals surface area contributed by atoms with Crippen molar-refractivity contribution in [2.24, 2.45) is 0 Å². The second kappa shape index (κ2) is 6.84. The standard InChI is InChI=1S/C15H24BrN3/c1-15(2,19-8-6-17-7-9-19)12-18-11-13-4-3-5-14(16)10-13/h3-5,10,17-18H,6-9,11-12H2,1-2H3. The van der Waals surface area contributed by atoms with Gasteiger partial charge >= 0.3 is 0 Å². The van der Waals surface area contributed by atoms with Crippen LogP contribution in [0.3, 0.4) is 0 Å². The van der Waals surface area contributed by atoms with E-state index in [0.29, 0.717) is 0 Å². The van der Waals surface area contributed by atoms with Gasteiger partial charge in [0.1, 0.15) is 0 Å². The molecule has 2 rings (SSSR count). The van der Waals surface area contributed by atoms with Crippen molar-refractivity contribution in [3.63, 3.8) is 0 Å². The van der Waals surface area contributed by atoms with E-state index in [1.165, 1.54) is 5.56 Å². The molecule has 1 aliphatic rings.